The highest BCUT2D eigenvalue weighted by Gasteiger charge is 2.15. The van der Waals surface area contributed by atoms with Crippen molar-refractivity contribution < 1.29 is 4.79 Å². The van der Waals surface area contributed by atoms with Crippen molar-refractivity contribution in [3.8, 4) is 0 Å². The van der Waals surface area contributed by atoms with Gasteiger partial charge in [0.1, 0.15) is 18.2 Å². The van der Waals surface area contributed by atoms with Gasteiger partial charge in [0.25, 0.3) is 5.78 Å². The monoisotopic (exact) mass is 310 g/mol. The largest absolute Gasteiger partial charge is 0.358 e. The Bertz CT molecular complexity index is 814. The normalized spacial score (nSPS) is 12.1. The van der Waals surface area contributed by atoms with Crippen molar-refractivity contribution in [2.45, 2.75) is 26.4 Å². The van der Waals surface area contributed by atoms with Crippen LogP contribution in [0.2, 0.25) is 0 Å². The third kappa shape index (κ3) is 3.45. The Labute approximate surface area is 133 Å². The van der Waals surface area contributed by atoms with E-state index in [2.05, 4.69) is 25.7 Å². The Morgan fingerprint density at radius 2 is 2.09 bits per heavy atom. The highest BCUT2D eigenvalue weighted by molar-refractivity contribution is 5.83. The maximum atomic E-state index is 12.2. The number of rotatable bonds is 5. The van der Waals surface area contributed by atoms with E-state index >= 15 is 0 Å². The van der Waals surface area contributed by atoms with Gasteiger partial charge in [0, 0.05) is 18.3 Å². The molecule has 1 atom stereocenters. The quantitative estimate of drug-likeness (QED) is 0.747. The molecular weight excluding hydrogens is 292 g/mol. The first-order chi connectivity index (χ1) is 11.1. The number of hydrogen-bond donors (Lipinski definition) is 2. The number of aromatic nitrogens is 4. The van der Waals surface area contributed by atoms with Gasteiger partial charge in [-0.1, -0.05) is 30.3 Å². The molecule has 0 saturated heterocycles. The fourth-order valence-corrected chi connectivity index (χ4v) is 2.26. The van der Waals surface area contributed by atoms with Gasteiger partial charge in [0.15, 0.2) is 0 Å². The molecule has 118 valence electrons. The zero-order valence-corrected chi connectivity index (χ0v) is 13.0. The van der Waals surface area contributed by atoms with Crippen molar-refractivity contribution >= 4 is 17.5 Å². The molecule has 0 bridgehead atoms. The highest BCUT2D eigenvalue weighted by atomic mass is 16.2. The summed E-state index contributed by atoms with van der Waals surface area (Å²) in [7, 11) is 0. The van der Waals surface area contributed by atoms with Crippen molar-refractivity contribution in [1.82, 2.24) is 24.9 Å². The van der Waals surface area contributed by atoms with Gasteiger partial charge in [-0.25, -0.2) is 4.98 Å². The van der Waals surface area contributed by atoms with Crippen molar-refractivity contribution in [3.63, 3.8) is 0 Å². The summed E-state index contributed by atoms with van der Waals surface area (Å²) in [5.41, 5.74) is 1.87. The number of nitrogens with one attached hydrogen (secondary N) is 2. The van der Waals surface area contributed by atoms with Crippen LogP contribution in [0.15, 0.2) is 42.7 Å². The number of fused-ring (bicyclic) bond motifs is 1. The van der Waals surface area contributed by atoms with Crippen LogP contribution in [0.1, 0.15) is 18.2 Å². The number of hydrogen-bond acceptors (Lipinski definition) is 5. The van der Waals surface area contributed by atoms with E-state index < -0.39 is 6.04 Å². The van der Waals surface area contributed by atoms with Crippen LogP contribution < -0.4 is 10.6 Å². The molecule has 1 unspecified atom stereocenters. The Balaban J connectivity index is 1.67. The number of carbonyl (C=O) groups is 1. The second kappa shape index (κ2) is 6.43. The minimum absolute atomic E-state index is 0.0865. The van der Waals surface area contributed by atoms with Crippen molar-refractivity contribution in [1.29, 1.82) is 0 Å². The van der Waals surface area contributed by atoms with E-state index in [-0.39, 0.29) is 5.91 Å². The standard InChI is InChI=1S/C16H18N6O/c1-11-8-14(22-16(20-11)18-10-19-22)21-12(2)15(23)17-9-13-6-4-3-5-7-13/h3-8,10,12,21H,9H2,1-2H3,(H,17,23). The fraction of sp³-hybridized carbons (Fsp3) is 0.250. The maximum Gasteiger partial charge on any atom is 0.254 e. The van der Waals surface area contributed by atoms with E-state index in [1.54, 1.807) is 11.4 Å². The molecule has 2 aromatic heterocycles. The molecule has 1 aromatic carbocycles. The molecule has 7 nitrogen and oxygen atoms in total. The molecule has 0 saturated carbocycles. The van der Waals surface area contributed by atoms with Crippen molar-refractivity contribution in [2.75, 3.05) is 5.32 Å². The molecule has 7 heteroatoms. The molecule has 0 aliphatic heterocycles. The summed E-state index contributed by atoms with van der Waals surface area (Å²) in [6.07, 6.45) is 1.44. The molecule has 3 aromatic rings. The zero-order valence-electron chi connectivity index (χ0n) is 13.0. The molecule has 0 radical (unpaired) electrons. The molecule has 0 aliphatic rings. The van der Waals surface area contributed by atoms with Crippen LogP contribution in [0.3, 0.4) is 0 Å². The molecule has 0 fully saturated rings. The predicted molar refractivity (Wildman–Crippen MR) is 86.9 cm³/mol. The van der Waals surface area contributed by atoms with Crippen LogP contribution >= 0.6 is 0 Å². The Morgan fingerprint density at radius 1 is 1.30 bits per heavy atom. The van der Waals surface area contributed by atoms with Crippen molar-refractivity contribution in [3.05, 3.63) is 54.0 Å². The predicted octanol–water partition coefficient (Wildman–Crippen LogP) is 1.55. The average molecular weight is 310 g/mol. The third-order valence-corrected chi connectivity index (χ3v) is 3.45. The number of benzene rings is 1. The summed E-state index contributed by atoms with van der Waals surface area (Å²) in [6, 6.07) is 11.2. The van der Waals surface area contributed by atoms with Crippen LogP contribution in [0, 0.1) is 6.92 Å². The minimum atomic E-state index is -0.409. The summed E-state index contributed by atoms with van der Waals surface area (Å²) in [5.74, 6) is 1.10. The van der Waals surface area contributed by atoms with Gasteiger partial charge in [-0.3, -0.25) is 4.79 Å². The molecule has 0 spiro atoms. The zero-order chi connectivity index (χ0) is 16.2. The first-order valence-electron chi connectivity index (χ1n) is 7.39. The molecule has 3 rings (SSSR count). The summed E-state index contributed by atoms with van der Waals surface area (Å²) in [5, 5.41) is 10.2. The first kappa shape index (κ1) is 15.0. The Morgan fingerprint density at radius 3 is 2.87 bits per heavy atom. The third-order valence-electron chi connectivity index (χ3n) is 3.45. The maximum absolute atomic E-state index is 12.2. The summed E-state index contributed by atoms with van der Waals surface area (Å²) >= 11 is 0. The Hall–Kier alpha value is -2.96. The number of amides is 1. The van der Waals surface area contributed by atoms with Crippen LogP contribution in [0.4, 0.5) is 5.82 Å². The lowest BCUT2D eigenvalue weighted by Crippen LogP contribution is -2.37. The van der Waals surface area contributed by atoms with E-state index in [1.807, 2.05) is 43.3 Å². The highest BCUT2D eigenvalue weighted by Crippen LogP contribution is 2.11. The fourth-order valence-electron chi connectivity index (χ4n) is 2.26. The number of carbonyl (C=O) groups excluding carboxylic acids is 1. The van der Waals surface area contributed by atoms with Gasteiger partial charge >= 0.3 is 0 Å². The smallest absolute Gasteiger partial charge is 0.254 e. The molecule has 2 heterocycles. The lowest BCUT2D eigenvalue weighted by molar-refractivity contribution is -0.121. The lowest BCUT2D eigenvalue weighted by Gasteiger charge is -2.16. The van der Waals surface area contributed by atoms with E-state index in [4.69, 9.17) is 0 Å². The van der Waals surface area contributed by atoms with Crippen LogP contribution in [-0.4, -0.2) is 31.5 Å². The van der Waals surface area contributed by atoms with Gasteiger partial charge in [-0.2, -0.15) is 14.6 Å². The summed E-state index contributed by atoms with van der Waals surface area (Å²) < 4.78 is 1.58. The van der Waals surface area contributed by atoms with Crippen molar-refractivity contribution in [2.24, 2.45) is 0 Å². The summed E-state index contributed by atoms with van der Waals surface area (Å²) in [4.78, 5) is 20.6. The average Bonchev–Trinajstić information content (AvgIpc) is 3.02. The second-order valence-corrected chi connectivity index (χ2v) is 5.32. The number of anilines is 1. The van der Waals surface area contributed by atoms with E-state index in [9.17, 15) is 4.79 Å². The molecule has 23 heavy (non-hydrogen) atoms. The van der Waals surface area contributed by atoms with Gasteiger partial charge in [-0.15, -0.1) is 0 Å². The van der Waals surface area contributed by atoms with E-state index in [0.29, 0.717) is 18.1 Å². The topological polar surface area (TPSA) is 84.2 Å². The van der Waals surface area contributed by atoms with Gasteiger partial charge in [0.2, 0.25) is 5.91 Å². The van der Waals surface area contributed by atoms with E-state index in [1.165, 1.54) is 6.33 Å². The van der Waals surface area contributed by atoms with Crippen LogP contribution in [0.25, 0.3) is 5.78 Å². The molecule has 1 amide bonds. The van der Waals surface area contributed by atoms with E-state index in [0.717, 1.165) is 11.3 Å². The first-order valence-corrected chi connectivity index (χ1v) is 7.39. The van der Waals surface area contributed by atoms with Crippen LogP contribution in [-0.2, 0) is 11.3 Å². The lowest BCUT2D eigenvalue weighted by atomic mass is 10.2. The SMILES string of the molecule is Cc1cc(NC(C)C(=O)NCc2ccccc2)n2ncnc2n1. The number of aryl methyl sites for hydroxylation is 1. The second-order valence-electron chi connectivity index (χ2n) is 5.32. The summed E-state index contributed by atoms with van der Waals surface area (Å²) in [6.45, 7) is 4.18. The number of nitrogens with zero attached hydrogens (tertiary/aromatic N) is 4. The van der Waals surface area contributed by atoms with Crippen LogP contribution in [0.5, 0.6) is 0 Å². The molecular formula is C16H18N6O. The van der Waals surface area contributed by atoms with Gasteiger partial charge in [-0.05, 0) is 19.4 Å². The Kier molecular flexibility index (Phi) is 4.18. The minimum Gasteiger partial charge on any atom is -0.358 e. The molecule has 0 aliphatic carbocycles. The van der Waals surface area contributed by atoms with Gasteiger partial charge in [0.05, 0.1) is 0 Å². The van der Waals surface area contributed by atoms with Gasteiger partial charge < -0.3 is 10.6 Å². The molecule has 2 N–H and O–H groups in total.